The topological polar surface area (TPSA) is 59.0 Å². The highest BCUT2D eigenvalue weighted by Gasteiger charge is 2.10. The molecule has 0 fully saturated rings. The Kier molecular flexibility index (Phi) is 3.97. The third-order valence-electron chi connectivity index (χ3n) is 2.77. The average molecular weight is 274 g/mol. The maximum atomic E-state index is 13.8. The molecule has 0 aliphatic carbocycles. The Morgan fingerprint density at radius 3 is 2.45 bits per heavy atom. The van der Waals surface area contributed by atoms with E-state index in [-0.39, 0.29) is 23.1 Å². The van der Waals surface area contributed by atoms with Gasteiger partial charge in [-0.2, -0.15) is 5.26 Å². The molecule has 2 N–H and O–H groups in total. The van der Waals surface area contributed by atoms with Crippen molar-refractivity contribution < 1.29 is 13.5 Å². The Bertz CT molecular complexity index is 678. The fourth-order valence-corrected chi connectivity index (χ4v) is 1.66. The lowest BCUT2D eigenvalue weighted by atomic mass is 10.1. The van der Waals surface area contributed by atoms with Crippen molar-refractivity contribution in [2.75, 3.05) is 0 Å². The van der Waals surface area contributed by atoms with Crippen molar-refractivity contribution in [3.63, 3.8) is 0 Å². The summed E-state index contributed by atoms with van der Waals surface area (Å²) in [7, 11) is 0. The Balaban J connectivity index is 2.26. The van der Waals surface area contributed by atoms with Crippen molar-refractivity contribution in [2.24, 2.45) is 5.73 Å². The summed E-state index contributed by atoms with van der Waals surface area (Å²) >= 11 is 0. The zero-order chi connectivity index (χ0) is 14.7. The summed E-state index contributed by atoms with van der Waals surface area (Å²) in [6.45, 7) is 1.74. The van der Waals surface area contributed by atoms with Crippen LogP contribution in [0.25, 0.3) is 0 Å². The second-order valence-corrected chi connectivity index (χ2v) is 4.33. The van der Waals surface area contributed by atoms with E-state index in [0.717, 1.165) is 6.07 Å². The number of ether oxygens (including phenoxy) is 1. The van der Waals surface area contributed by atoms with Crippen LogP contribution < -0.4 is 10.5 Å². The lowest BCUT2D eigenvalue weighted by Gasteiger charge is -2.10. The van der Waals surface area contributed by atoms with Crippen LogP contribution in [-0.2, 0) is 0 Å². The second-order valence-electron chi connectivity index (χ2n) is 4.33. The number of nitriles is 1. The van der Waals surface area contributed by atoms with Crippen molar-refractivity contribution in [1.29, 1.82) is 5.26 Å². The maximum Gasteiger partial charge on any atom is 0.166 e. The van der Waals surface area contributed by atoms with Crippen LogP contribution in [0.1, 0.15) is 24.1 Å². The molecule has 20 heavy (non-hydrogen) atoms. The summed E-state index contributed by atoms with van der Waals surface area (Å²) < 4.78 is 32.5. The number of nitrogens with zero attached hydrogens (tertiary/aromatic N) is 1. The lowest BCUT2D eigenvalue weighted by molar-refractivity contribution is 0.437. The van der Waals surface area contributed by atoms with Crippen molar-refractivity contribution in [2.45, 2.75) is 13.0 Å². The van der Waals surface area contributed by atoms with Gasteiger partial charge in [0.15, 0.2) is 11.6 Å². The van der Waals surface area contributed by atoms with Crippen LogP contribution >= 0.6 is 0 Å². The first-order valence-corrected chi connectivity index (χ1v) is 5.94. The minimum Gasteiger partial charge on any atom is -0.454 e. The van der Waals surface area contributed by atoms with Crippen molar-refractivity contribution >= 4 is 0 Å². The van der Waals surface area contributed by atoms with Gasteiger partial charge in [0.25, 0.3) is 0 Å². The average Bonchev–Trinajstić information content (AvgIpc) is 2.41. The molecule has 0 amide bonds. The fraction of sp³-hybridized carbons (Fsp3) is 0.133. The van der Waals surface area contributed by atoms with E-state index >= 15 is 0 Å². The van der Waals surface area contributed by atoms with Crippen LogP contribution in [0.15, 0.2) is 36.4 Å². The molecule has 0 spiro atoms. The SMILES string of the molecule is C[C@H](N)c1ccc(Oc2ccc(C#N)c(F)c2)c(F)c1. The monoisotopic (exact) mass is 274 g/mol. The van der Waals surface area contributed by atoms with Crippen LogP contribution in [0.2, 0.25) is 0 Å². The summed E-state index contributed by atoms with van der Waals surface area (Å²) in [5, 5.41) is 8.62. The first-order valence-electron chi connectivity index (χ1n) is 5.94. The van der Waals surface area contributed by atoms with Crippen LogP contribution in [0.5, 0.6) is 11.5 Å². The highest BCUT2D eigenvalue weighted by Crippen LogP contribution is 2.27. The minimum atomic E-state index is -0.711. The van der Waals surface area contributed by atoms with E-state index in [9.17, 15) is 8.78 Å². The van der Waals surface area contributed by atoms with E-state index in [2.05, 4.69) is 0 Å². The molecular formula is C15H12F2N2O. The molecule has 2 rings (SSSR count). The van der Waals surface area contributed by atoms with Gasteiger partial charge in [0.1, 0.15) is 17.6 Å². The van der Waals surface area contributed by atoms with E-state index in [1.54, 1.807) is 19.1 Å². The molecule has 0 heterocycles. The first-order chi connectivity index (χ1) is 9.51. The molecule has 2 aromatic carbocycles. The van der Waals surface area contributed by atoms with Crippen LogP contribution in [0.3, 0.4) is 0 Å². The number of rotatable bonds is 3. The van der Waals surface area contributed by atoms with E-state index < -0.39 is 11.6 Å². The summed E-state index contributed by atoms with van der Waals surface area (Å²) in [6, 6.07) is 9.49. The predicted molar refractivity (Wildman–Crippen MR) is 70.2 cm³/mol. The van der Waals surface area contributed by atoms with Gasteiger partial charge in [-0.3, -0.25) is 0 Å². The number of hydrogen-bond acceptors (Lipinski definition) is 3. The Morgan fingerprint density at radius 1 is 1.15 bits per heavy atom. The van der Waals surface area contributed by atoms with Crippen LogP contribution in [0, 0.1) is 23.0 Å². The van der Waals surface area contributed by atoms with Crippen molar-refractivity contribution in [3.8, 4) is 17.6 Å². The van der Waals surface area contributed by atoms with Gasteiger partial charge in [0.05, 0.1) is 5.56 Å². The quantitative estimate of drug-likeness (QED) is 0.929. The summed E-state index contributed by atoms with van der Waals surface area (Å²) in [6.07, 6.45) is 0. The minimum absolute atomic E-state index is 0.0292. The van der Waals surface area contributed by atoms with Crippen LogP contribution in [0.4, 0.5) is 8.78 Å². The number of hydrogen-bond donors (Lipinski definition) is 1. The second kappa shape index (κ2) is 5.68. The molecule has 0 radical (unpaired) electrons. The first kappa shape index (κ1) is 14.0. The molecule has 3 nitrogen and oxygen atoms in total. The van der Waals surface area contributed by atoms with E-state index in [0.29, 0.717) is 5.56 Å². The van der Waals surface area contributed by atoms with Gasteiger partial charge in [0, 0.05) is 12.1 Å². The van der Waals surface area contributed by atoms with Gasteiger partial charge >= 0.3 is 0 Å². The zero-order valence-electron chi connectivity index (χ0n) is 10.7. The van der Waals surface area contributed by atoms with Gasteiger partial charge in [-0.05, 0) is 36.8 Å². The largest absolute Gasteiger partial charge is 0.454 e. The number of nitrogens with two attached hydrogens (primary N) is 1. The van der Waals surface area contributed by atoms with Gasteiger partial charge in [-0.25, -0.2) is 8.78 Å². The molecule has 2 aromatic rings. The maximum absolute atomic E-state index is 13.8. The molecule has 0 unspecified atom stereocenters. The smallest absolute Gasteiger partial charge is 0.166 e. The molecule has 0 saturated carbocycles. The van der Waals surface area contributed by atoms with E-state index in [1.165, 1.54) is 24.3 Å². The van der Waals surface area contributed by atoms with Gasteiger partial charge in [-0.15, -0.1) is 0 Å². The Labute approximate surface area is 115 Å². The third-order valence-corrected chi connectivity index (χ3v) is 2.77. The Hall–Kier alpha value is -2.45. The van der Waals surface area contributed by atoms with E-state index in [1.807, 2.05) is 0 Å². The molecule has 5 heteroatoms. The van der Waals surface area contributed by atoms with Gasteiger partial charge in [-0.1, -0.05) is 6.07 Å². The molecule has 0 aromatic heterocycles. The summed E-state index contributed by atoms with van der Waals surface area (Å²) in [5.41, 5.74) is 6.20. The number of halogens is 2. The highest BCUT2D eigenvalue weighted by molar-refractivity contribution is 5.39. The standard InChI is InChI=1S/C15H12F2N2O/c1-9(19)10-3-5-15(14(17)6-10)20-12-4-2-11(8-18)13(16)7-12/h2-7,9H,19H2,1H3/t9-/m0/s1. The number of benzene rings is 2. The molecule has 0 aliphatic rings. The molecule has 0 aliphatic heterocycles. The summed E-state index contributed by atoms with van der Waals surface area (Å²) in [5.74, 6) is -1.20. The predicted octanol–water partition coefficient (Wildman–Crippen LogP) is 3.65. The zero-order valence-corrected chi connectivity index (χ0v) is 10.7. The molecule has 102 valence electrons. The summed E-state index contributed by atoms with van der Waals surface area (Å²) in [4.78, 5) is 0. The fourth-order valence-electron chi connectivity index (χ4n) is 1.66. The lowest BCUT2D eigenvalue weighted by Crippen LogP contribution is -2.05. The highest BCUT2D eigenvalue weighted by atomic mass is 19.1. The molecule has 0 saturated heterocycles. The normalized spacial score (nSPS) is 11.8. The van der Waals surface area contributed by atoms with Gasteiger partial charge in [0.2, 0.25) is 0 Å². The molecule has 0 bridgehead atoms. The van der Waals surface area contributed by atoms with Crippen molar-refractivity contribution in [1.82, 2.24) is 0 Å². The molecule has 1 atom stereocenters. The third kappa shape index (κ3) is 2.92. The van der Waals surface area contributed by atoms with Crippen LogP contribution in [-0.4, -0.2) is 0 Å². The molecular weight excluding hydrogens is 262 g/mol. The Morgan fingerprint density at radius 2 is 1.90 bits per heavy atom. The van der Waals surface area contributed by atoms with Gasteiger partial charge < -0.3 is 10.5 Å². The van der Waals surface area contributed by atoms with E-state index in [4.69, 9.17) is 15.7 Å². The van der Waals surface area contributed by atoms with Crippen molar-refractivity contribution in [3.05, 3.63) is 59.2 Å².